The van der Waals surface area contributed by atoms with Crippen LogP contribution in [0.4, 0.5) is 22.0 Å². The Bertz CT molecular complexity index is 788. The second kappa shape index (κ2) is 9.14. The lowest BCUT2D eigenvalue weighted by Crippen LogP contribution is -2.22. The maximum Gasteiger partial charge on any atom is 0.426 e. The van der Waals surface area contributed by atoms with E-state index in [-0.39, 0.29) is 17.9 Å². The molecule has 1 aliphatic rings. The summed E-state index contributed by atoms with van der Waals surface area (Å²) in [4.78, 5) is 0. The second-order valence-electron chi connectivity index (χ2n) is 7.80. The molecule has 2 aromatic rings. The van der Waals surface area contributed by atoms with E-state index in [2.05, 4.69) is 11.7 Å². The Morgan fingerprint density at radius 1 is 0.931 bits per heavy atom. The highest BCUT2D eigenvalue weighted by molar-refractivity contribution is 5.31. The van der Waals surface area contributed by atoms with Gasteiger partial charge in [-0.1, -0.05) is 38.3 Å². The molecule has 0 aliphatic heterocycles. The van der Waals surface area contributed by atoms with Crippen molar-refractivity contribution < 1.29 is 26.7 Å². The van der Waals surface area contributed by atoms with Gasteiger partial charge in [-0.3, -0.25) is 0 Å². The van der Waals surface area contributed by atoms with Crippen LogP contribution in [0.5, 0.6) is 5.75 Å². The highest BCUT2D eigenvalue weighted by Gasteiger charge is 2.36. The predicted molar refractivity (Wildman–Crippen MR) is 102 cm³/mol. The SMILES string of the molecule is CCCCC1CCC(c2ccc(OC(F)(F)c3cc(F)c(F)c(F)c3)cc2)CC1. The van der Waals surface area contributed by atoms with Gasteiger partial charge in [0.2, 0.25) is 0 Å². The van der Waals surface area contributed by atoms with Gasteiger partial charge in [0, 0.05) is 0 Å². The van der Waals surface area contributed by atoms with Crippen molar-refractivity contribution >= 4 is 0 Å². The first-order valence-electron chi connectivity index (χ1n) is 10.1. The molecule has 0 amide bonds. The molecule has 0 spiro atoms. The molecule has 1 saturated carbocycles. The third kappa shape index (κ3) is 5.28. The number of hydrogen-bond acceptors (Lipinski definition) is 1. The molecule has 0 saturated heterocycles. The van der Waals surface area contributed by atoms with E-state index in [1.165, 1.54) is 44.2 Å². The summed E-state index contributed by atoms with van der Waals surface area (Å²) in [5.41, 5.74) is -0.00291. The molecule has 1 fully saturated rings. The van der Waals surface area contributed by atoms with Crippen molar-refractivity contribution in [3.05, 3.63) is 65.0 Å². The minimum absolute atomic E-state index is 0.125. The van der Waals surface area contributed by atoms with Crippen molar-refractivity contribution in [3.63, 3.8) is 0 Å². The number of ether oxygens (including phenoxy) is 1. The first-order valence-corrected chi connectivity index (χ1v) is 10.1. The number of benzene rings is 2. The molecule has 3 rings (SSSR count). The van der Waals surface area contributed by atoms with E-state index in [4.69, 9.17) is 0 Å². The zero-order chi connectivity index (χ0) is 21.0. The Kier molecular flexibility index (Phi) is 6.81. The smallest absolute Gasteiger partial charge is 0.426 e. The summed E-state index contributed by atoms with van der Waals surface area (Å²) in [6, 6.07) is 6.86. The van der Waals surface area contributed by atoms with Gasteiger partial charge in [-0.05, 0) is 67.3 Å². The van der Waals surface area contributed by atoms with Crippen LogP contribution in [-0.4, -0.2) is 0 Å². The Labute approximate surface area is 167 Å². The summed E-state index contributed by atoms with van der Waals surface area (Å²) in [5.74, 6) is -4.10. The minimum Gasteiger partial charge on any atom is -0.429 e. The molecular weight excluding hydrogens is 387 g/mol. The molecule has 0 heterocycles. The zero-order valence-corrected chi connectivity index (χ0v) is 16.4. The van der Waals surface area contributed by atoms with Gasteiger partial charge >= 0.3 is 6.11 Å². The van der Waals surface area contributed by atoms with E-state index < -0.39 is 29.1 Å². The molecule has 0 radical (unpaired) electrons. The number of alkyl halides is 2. The van der Waals surface area contributed by atoms with Gasteiger partial charge in [-0.2, -0.15) is 8.78 Å². The molecule has 1 nitrogen and oxygen atoms in total. The first kappa shape index (κ1) is 21.6. The van der Waals surface area contributed by atoms with E-state index in [9.17, 15) is 22.0 Å². The molecule has 1 aliphatic carbocycles. The molecule has 6 heteroatoms. The van der Waals surface area contributed by atoms with Gasteiger partial charge in [0.25, 0.3) is 0 Å². The highest BCUT2D eigenvalue weighted by atomic mass is 19.3. The maximum absolute atomic E-state index is 14.3. The van der Waals surface area contributed by atoms with Gasteiger partial charge in [0.1, 0.15) is 5.75 Å². The summed E-state index contributed by atoms with van der Waals surface area (Å²) in [6.07, 6.45) is 4.29. The lowest BCUT2D eigenvalue weighted by Gasteiger charge is -2.29. The van der Waals surface area contributed by atoms with Crippen molar-refractivity contribution in [2.24, 2.45) is 5.92 Å². The van der Waals surface area contributed by atoms with Crippen LogP contribution in [-0.2, 0) is 6.11 Å². The number of unbranched alkanes of at least 4 members (excludes halogenated alkanes) is 1. The third-order valence-electron chi connectivity index (χ3n) is 5.73. The Morgan fingerprint density at radius 2 is 1.52 bits per heavy atom. The Morgan fingerprint density at radius 3 is 2.07 bits per heavy atom. The van der Waals surface area contributed by atoms with Crippen molar-refractivity contribution in [2.45, 2.75) is 63.9 Å². The second-order valence-corrected chi connectivity index (χ2v) is 7.80. The van der Waals surface area contributed by atoms with Crippen LogP contribution >= 0.6 is 0 Å². The lowest BCUT2D eigenvalue weighted by molar-refractivity contribution is -0.185. The number of halogens is 5. The first-order chi connectivity index (χ1) is 13.8. The molecule has 0 unspecified atom stereocenters. The van der Waals surface area contributed by atoms with Crippen molar-refractivity contribution in [3.8, 4) is 5.75 Å². The van der Waals surface area contributed by atoms with E-state index in [1.54, 1.807) is 12.1 Å². The normalized spacial score (nSPS) is 19.9. The van der Waals surface area contributed by atoms with E-state index in [0.717, 1.165) is 24.3 Å². The summed E-state index contributed by atoms with van der Waals surface area (Å²) in [5, 5.41) is 0. The Hall–Kier alpha value is -2.11. The van der Waals surface area contributed by atoms with Crippen LogP contribution in [0.15, 0.2) is 36.4 Å². The quantitative estimate of drug-likeness (QED) is 0.334. The monoisotopic (exact) mass is 412 g/mol. The van der Waals surface area contributed by atoms with Gasteiger partial charge in [0.05, 0.1) is 5.56 Å². The highest BCUT2D eigenvalue weighted by Crippen LogP contribution is 2.39. The van der Waals surface area contributed by atoms with Crippen LogP contribution in [0.3, 0.4) is 0 Å². The van der Waals surface area contributed by atoms with Gasteiger partial charge in [0.15, 0.2) is 17.5 Å². The molecule has 29 heavy (non-hydrogen) atoms. The van der Waals surface area contributed by atoms with Gasteiger partial charge < -0.3 is 4.74 Å². The summed E-state index contributed by atoms with van der Waals surface area (Å²) in [6.45, 7) is 2.20. The number of rotatable bonds is 7. The summed E-state index contributed by atoms with van der Waals surface area (Å²) >= 11 is 0. The average Bonchev–Trinajstić information content (AvgIpc) is 2.71. The zero-order valence-electron chi connectivity index (χ0n) is 16.4. The summed E-state index contributed by atoms with van der Waals surface area (Å²) < 4.78 is 72.7. The van der Waals surface area contributed by atoms with Gasteiger partial charge in [-0.25, -0.2) is 13.2 Å². The fourth-order valence-corrected chi connectivity index (χ4v) is 4.02. The molecule has 0 N–H and O–H groups in total. The largest absolute Gasteiger partial charge is 0.429 e. The van der Waals surface area contributed by atoms with Crippen LogP contribution in [0.1, 0.15) is 68.9 Å². The van der Waals surface area contributed by atoms with Crippen LogP contribution in [0, 0.1) is 23.4 Å². The third-order valence-corrected chi connectivity index (χ3v) is 5.73. The molecule has 0 bridgehead atoms. The number of hydrogen-bond donors (Lipinski definition) is 0. The van der Waals surface area contributed by atoms with Crippen molar-refractivity contribution in [1.82, 2.24) is 0 Å². The average molecular weight is 412 g/mol. The van der Waals surface area contributed by atoms with Gasteiger partial charge in [-0.15, -0.1) is 0 Å². The minimum atomic E-state index is -3.99. The molecular formula is C23H25F5O. The van der Waals surface area contributed by atoms with Crippen LogP contribution in [0.25, 0.3) is 0 Å². The topological polar surface area (TPSA) is 9.23 Å². The predicted octanol–water partition coefficient (Wildman–Crippen LogP) is 7.70. The molecule has 0 aromatic heterocycles. The molecule has 0 atom stereocenters. The molecule has 2 aromatic carbocycles. The van der Waals surface area contributed by atoms with Crippen molar-refractivity contribution in [2.75, 3.05) is 0 Å². The fourth-order valence-electron chi connectivity index (χ4n) is 4.02. The van der Waals surface area contributed by atoms with E-state index in [1.807, 2.05) is 0 Å². The fraction of sp³-hybridized carbons (Fsp3) is 0.478. The maximum atomic E-state index is 14.3. The summed E-state index contributed by atoms with van der Waals surface area (Å²) in [7, 11) is 0. The Balaban J connectivity index is 1.63. The van der Waals surface area contributed by atoms with E-state index >= 15 is 0 Å². The standard InChI is InChI=1S/C23H25F5O/c1-2-3-4-15-5-7-16(8-6-15)17-9-11-19(12-10-17)29-23(27,28)18-13-20(24)22(26)21(25)14-18/h9-16H,2-8H2,1H3. The lowest BCUT2D eigenvalue weighted by atomic mass is 9.77. The van der Waals surface area contributed by atoms with Crippen LogP contribution in [0.2, 0.25) is 0 Å². The van der Waals surface area contributed by atoms with E-state index in [0.29, 0.717) is 5.92 Å². The van der Waals surface area contributed by atoms with Crippen LogP contribution < -0.4 is 4.74 Å². The molecule has 158 valence electrons. The van der Waals surface area contributed by atoms with Crippen molar-refractivity contribution in [1.29, 1.82) is 0 Å².